The van der Waals surface area contributed by atoms with Crippen molar-refractivity contribution in [2.75, 3.05) is 13.2 Å². The quantitative estimate of drug-likeness (QED) is 0.783. The Hall–Kier alpha value is -2.18. The van der Waals surface area contributed by atoms with E-state index in [1.54, 1.807) is 0 Å². The van der Waals surface area contributed by atoms with Gasteiger partial charge in [-0.05, 0) is 44.4 Å². The maximum absolute atomic E-state index is 10.5. The van der Waals surface area contributed by atoms with Crippen LogP contribution in [-0.2, 0) is 4.74 Å². The van der Waals surface area contributed by atoms with Crippen LogP contribution in [0.2, 0.25) is 0 Å². The molecule has 0 radical (unpaired) electrons. The van der Waals surface area contributed by atoms with Gasteiger partial charge in [0.1, 0.15) is 17.7 Å². The molecule has 1 aliphatic heterocycles. The predicted molar refractivity (Wildman–Crippen MR) is 94.4 cm³/mol. The van der Waals surface area contributed by atoms with Crippen molar-refractivity contribution in [1.82, 2.24) is 14.7 Å². The summed E-state index contributed by atoms with van der Waals surface area (Å²) in [7, 11) is 0. The molecule has 6 heteroatoms. The molecule has 1 fully saturated rings. The van der Waals surface area contributed by atoms with E-state index in [-0.39, 0.29) is 6.04 Å². The van der Waals surface area contributed by atoms with Gasteiger partial charge in [0.2, 0.25) is 0 Å². The summed E-state index contributed by atoms with van der Waals surface area (Å²) in [4.78, 5) is 4.76. The zero-order valence-electron chi connectivity index (χ0n) is 14.8. The Morgan fingerprint density at radius 1 is 1.36 bits per heavy atom. The van der Waals surface area contributed by atoms with Crippen molar-refractivity contribution in [3.05, 3.63) is 35.5 Å². The summed E-state index contributed by atoms with van der Waals surface area (Å²) < 4.78 is 13.0. The highest BCUT2D eigenvalue weighted by Crippen LogP contribution is 2.34. The van der Waals surface area contributed by atoms with Crippen molar-refractivity contribution < 1.29 is 14.4 Å². The van der Waals surface area contributed by atoms with E-state index in [0.29, 0.717) is 13.0 Å². The molecular weight excluding hydrogens is 318 g/mol. The fraction of sp³-hybridized carbons (Fsp3) is 0.474. The van der Waals surface area contributed by atoms with Gasteiger partial charge in [0.15, 0.2) is 0 Å². The van der Waals surface area contributed by atoms with E-state index in [2.05, 4.69) is 27.9 Å². The first-order valence-corrected chi connectivity index (χ1v) is 8.81. The number of fused-ring (bicyclic) bond motifs is 1. The summed E-state index contributed by atoms with van der Waals surface area (Å²) in [6.07, 6.45) is 1.00. The lowest BCUT2D eigenvalue weighted by Gasteiger charge is -2.17. The lowest BCUT2D eigenvalue weighted by atomic mass is 10.0. The van der Waals surface area contributed by atoms with Crippen LogP contribution in [0.1, 0.15) is 49.2 Å². The van der Waals surface area contributed by atoms with Gasteiger partial charge in [-0.2, -0.15) is 0 Å². The fourth-order valence-electron chi connectivity index (χ4n) is 3.70. The molecule has 25 heavy (non-hydrogen) atoms. The van der Waals surface area contributed by atoms with E-state index in [1.807, 2.05) is 20.8 Å². The van der Waals surface area contributed by atoms with Crippen LogP contribution in [0.4, 0.5) is 0 Å². The van der Waals surface area contributed by atoms with Gasteiger partial charge in [-0.1, -0.05) is 18.1 Å². The molecule has 0 saturated carbocycles. The summed E-state index contributed by atoms with van der Waals surface area (Å²) in [5, 5.41) is 14.5. The molecule has 3 aromatic rings. The SMILES string of the molecule is CCC(O)c1nc2cc(-c3c(C)noc3C)ccc2n1[C@H]1CCOC1. The van der Waals surface area contributed by atoms with Gasteiger partial charge >= 0.3 is 0 Å². The van der Waals surface area contributed by atoms with Crippen LogP contribution >= 0.6 is 0 Å². The number of imidazole rings is 1. The zero-order valence-corrected chi connectivity index (χ0v) is 14.8. The molecule has 1 aromatic carbocycles. The highest BCUT2D eigenvalue weighted by molar-refractivity contribution is 5.83. The van der Waals surface area contributed by atoms with Crippen molar-refractivity contribution >= 4 is 11.0 Å². The number of aliphatic hydroxyl groups excluding tert-OH is 1. The number of aromatic nitrogens is 3. The second-order valence-electron chi connectivity index (χ2n) is 6.68. The third-order valence-electron chi connectivity index (χ3n) is 4.99. The monoisotopic (exact) mass is 341 g/mol. The molecule has 0 spiro atoms. The van der Waals surface area contributed by atoms with Gasteiger partial charge < -0.3 is 18.9 Å². The molecule has 1 N–H and O–H groups in total. The molecule has 1 unspecified atom stereocenters. The second-order valence-corrected chi connectivity index (χ2v) is 6.68. The second kappa shape index (κ2) is 6.28. The van der Waals surface area contributed by atoms with Gasteiger partial charge in [0.05, 0.1) is 29.4 Å². The normalized spacial score (nSPS) is 19.0. The van der Waals surface area contributed by atoms with Gasteiger partial charge in [-0.3, -0.25) is 0 Å². The molecule has 6 nitrogen and oxygen atoms in total. The van der Waals surface area contributed by atoms with Crippen molar-refractivity contribution in [3.63, 3.8) is 0 Å². The van der Waals surface area contributed by atoms with Crippen LogP contribution < -0.4 is 0 Å². The highest BCUT2D eigenvalue weighted by Gasteiger charge is 2.26. The number of rotatable bonds is 4. The topological polar surface area (TPSA) is 73.3 Å². The molecule has 0 amide bonds. The zero-order chi connectivity index (χ0) is 17.6. The fourth-order valence-corrected chi connectivity index (χ4v) is 3.70. The van der Waals surface area contributed by atoms with E-state index in [9.17, 15) is 5.11 Å². The first-order chi connectivity index (χ1) is 12.1. The first kappa shape index (κ1) is 16.3. The minimum absolute atomic E-state index is 0.228. The molecule has 1 aliphatic rings. The summed E-state index contributed by atoms with van der Waals surface area (Å²) in [6, 6.07) is 6.43. The van der Waals surface area contributed by atoms with Crippen molar-refractivity contribution in [1.29, 1.82) is 0 Å². The van der Waals surface area contributed by atoms with E-state index in [0.717, 1.165) is 52.5 Å². The molecule has 1 saturated heterocycles. The lowest BCUT2D eigenvalue weighted by molar-refractivity contribution is 0.152. The van der Waals surface area contributed by atoms with Gasteiger partial charge in [-0.15, -0.1) is 0 Å². The number of nitrogens with zero attached hydrogens (tertiary/aromatic N) is 3. The minimum atomic E-state index is -0.574. The van der Waals surface area contributed by atoms with Crippen LogP contribution in [0, 0.1) is 13.8 Å². The van der Waals surface area contributed by atoms with E-state index >= 15 is 0 Å². The van der Waals surface area contributed by atoms with Gasteiger partial charge in [0, 0.05) is 12.2 Å². The highest BCUT2D eigenvalue weighted by atomic mass is 16.5. The Morgan fingerprint density at radius 3 is 2.84 bits per heavy atom. The molecule has 3 heterocycles. The Labute approximate surface area is 146 Å². The van der Waals surface area contributed by atoms with Crippen LogP contribution in [0.5, 0.6) is 0 Å². The van der Waals surface area contributed by atoms with Crippen LogP contribution in [0.25, 0.3) is 22.2 Å². The molecular formula is C19H23N3O3. The molecule has 132 valence electrons. The Morgan fingerprint density at radius 2 is 2.20 bits per heavy atom. The van der Waals surface area contributed by atoms with Crippen LogP contribution in [0.3, 0.4) is 0 Å². The summed E-state index contributed by atoms with van der Waals surface area (Å²) >= 11 is 0. The first-order valence-electron chi connectivity index (χ1n) is 8.81. The van der Waals surface area contributed by atoms with Crippen molar-refractivity contribution in [3.8, 4) is 11.1 Å². The molecule has 0 aliphatic carbocycles. The average molecular weight is 341 g/mol. The summed E-state index contributed by atoms with van der Waals surface area (Å²) in [5.41, 5.74) is 4.83. The van der Waals surface area contributed by atoms with Crippen molar-refractivity contribution in [2.24, 2.45) is 0 Å². The maximum atomic E-state index is 10.5. The molecule has 4 rings (SSSR count). The van der Waals surface area contributed by atoms with E-state index < -0.39 is 6.10 Å². The molecule has 0 bridgehead atoms. The molecule has 2 atom stereocenters. The third kappa shape index (κ3) is 2.65. The third-order valence-corrected chi connectivity index (χ3v) is 4.99. The number of hydrogen-bond acceptors (Lipinski definition) is 5. The minimum Gasteiger partial charge on any atom is -0.385 e. The maximum Gasteiger partial charge on any atom is 0.141 e. The Bertz CT molecular complexity index is 887. The van der Waals surface area contributed by atoms with Crippen LogP contribution in [0.15, 0.2) is 22.7 Å². The number of ether oxygens (including phenoxy) is 1. The van der Waals surface area contributed by atoms with E-state index in [4.69, 9.17) is 14.2 Å². The number of hydrogen-bond donors (Lipinski definition) is 1. The standard InChI is InChI=1S/C19H23N3O3/c1-4-17(23)19-20-15-9-13(18-11(2)21-25-12(18)3)5-6-16(15)22(19)14-7-8-24-10-14/h5-6,9,14,17,23H,4,7-8,10H2,1-3H3/t14-,17?/m0/s1. The largest absolute Gasteiger partial charge is 0.385 e. The smallest absolute Gasteiger partial charge is 0.141 e. The van der Waals surface area contributed by atoms with Gasteiger partial charge in [-0.25, -0.2) is 4.98 Å². The average Bonchev–Trinajstić information content (AvgIpc) is 3.32. The van der Waals surface area contributed by atoms with Gasteiger partial charge in [0.25, 0.3) is 0 Å². The van der Waals surface area contributed by atoms with Crippen LogP contribution in [-0.4, -0.2) is 33.0 Å². The number of aryl methyl sites for hydroxylation is 2. The Kier molecular flexibility index (Phi) is 4.09. The number of benzene rings is 1. The predicted octanol–water partition coefficient (Wildman–Crippen LogP) is 3.71. The van der Waals surface area contributed by atoms with Crippen molar-refractivity contribution in [2.45, 2.75) is 45.8 Å². The van der Waals surface area contributed by atoms with E-state index in [1.165, 1.54) is 0 Å². The Balaban J connectivity index is 1.89. The lowest BCUT2D eigenvalue weighted by Crippen LogP contribution is -2.15. The summed E-state index contributed by atoms with van der Waals surface area (Å²) in [6.45, 7) is 7.25. The number of aliphatic hydroxyl groups is 1. The summed E-state index contributed by atoms with van der Waals surface area (Å²) in [5.74, 6) is 1.53. The molecule has 2 aromatic heterocycles.